The normalized spacial score (nSPS) is 11.7. The molecule has 0 bridgehead atoms. The van der Waals surface area contributed by atoms with Crippen LogP contribution in [0, 0.1) is 0 Å². The van der Waals surface area contributed by atoms with E-state index in [1.165, 1.54) is 6.20 Å². The minimum atomic E-state index is -3.16. The Morgan fingerprint density at radius 3 is 2.95 bits per heavy atom. The van der Waals surface area contributed by atoms with Crippen molar-refractivity contribution in [1.82, 2.24) is 14.7 Å². The highest BCUT2D eigenvalue weighted by molar-refractivity contribution is 7.88. The Bertz CT molecular complexity index is 755. The third-order valence-corrected chi connectivity index (χ3v) is 3.27. The number of nitrogens with one attached hydrogen (secondary N) is 2. The second-order valence-electron chi connectivity index (χ2n) is 4.31. The number of rotatable bonds is 6. The van der Waals surface area contributed by atoms with Crippen molar-refractivity contribution in [3.05, 3.63) is 34.9 Å². The Balaban J connectivity index is 1.92. The SMILES string of the molecule is CS(=O)(=O)NCCCOc1ccc2cnc(=O)[nH]c2c1. The van der Waals surface area contributed by atoms with Crippen LogP contribution in [0.1, 0.15) is 6.42 Å². The van der Waals surface area contributed by atoms with Gasteiger partial charge in [0.25, 0.3) is 0 Å². The standard InChI is InChI=1S/C12H15N3O4S/c1-20(17,18)14-5-2-6-19-10-4-3-9-8-13-12(16)15-11(9)7-10/h3-4,7-8,14H,2,5-6H2,1H3,(H,13,15,16). The molecule has 0 aliphatic carbocycles. The van der Waals surface area contributed by atoms with E-state index in [0.717, 1.165) is 11.6 Å². The van der Waals surface area contributed by atoms with E-state index in [1.54, 1.807) is 18.2 Å². The van der Waals surface area contributed by atoms with Crippen molar-refractivity contribution in [2.24, 2.45) is 0 Å². The van der Waals surface area contributed by atoms with E-state index in [2.05, 4.69) is 14.7 Å². The molecule has 0 aliphatic rings. The molecule has 2 aromatic rings. The molecular formula is C12H15N3O4S. The van der Waals surface area contributed by atoms with Gasteiger partial charge in [0, 0.05) is 24.2 Å². The topological polar surface area (TPSA) is 101 Å². The van der Waals surface area contributed by atoms with E-state index >= 15 is 0 Å². The summed E-state index contributed by atoms with van der Waals surface area (Å²) in [5.74, 6) is 0.610. The number of sulfonamides is 1. The van der Waals surface area contributed by atoms with Crippen LogP contribution < -0.4 is 15.1 Å². The maximum Gasteiger partial charge on any atom is 0.345 e. The summed E-state index contributed by atoms with van der Waals surface area (Å²) in [6.45, 7) is 0.705. The third kappa shape index (κ3) is 4.32. The van der Waals surface area contributed by atoms with Gasteiger partial charge in [0.1, 0.15) is 5.75 Å². The lowest BCUT2D eigenvalue weighted by atomic mass is 10.2. The van der Waals surface area contributed by atoms with Gasteiger partial charge in [-0.2, -0.15) is 0 Å². The highest BCUT2D eigenvalue weighted by Gasteiger charge is 2.01. The van der Waals surface area contributed by atoms with Crippen LogP contribution in [0.3, 0.4) is 0 Å². The lowest BCUT2D eigenvalue weighted by Gasteiger charge is -2.07. The number of benzene rings is 1. The molecule has 1 heterocycles. The van der Waals surface area contributed by atoms with E-state index in [-0.39, 0.29) is 0 Å². The van der Waals surface area contributed by atoms with Crippen molar-refractivity contribution in [2.45, 2.75) is 6.42 Å². The minimum Gasteiger partial charge on any atom is -0.493 e. The maximum atomic E-state index is 11.1. The molecule has 0 fully saturated rings. The van der Waals surface area contributed by atoms with Crippen molar-refractivity contribution < 1.29 is 13.2 Å². The van der Waals surface area contributed by atoms with Crippen LogP contribution in [-0.2, 0) is 10.0 Å². The van der Waals surface area contributed by atoms with Gasteiger partial charge in [-0.3, -0.25) is 0 Å². The van der Waals surface area contributed by atoms with E-state index in [1.807, 2.05) is 0 Å². The van der Waals surface area contributed by atoms with Gasteiger partial charge >= 0.3 is 5.69 Å². The van der Waals surface area contributed by atoms with Gasteiger partial charge in [-0.1, -0.05) is 0 Å². The smallest absolute Gasteiger partial charge is 0.345 e. The number of aromatic nitrogens is 2. The average Bonchev–Trinajstić information content (AvgIpc) is 2.36. The molecule has 108 valence electrons. The van der Waals surface area contributed by atoms with E-state index < -0.39 is 15.7 Å². The van der Waals surface area contributed by atoms with Gasteiger partial charge < -0.3 is 9.72 Å². The van der Waals surface area contributed by atoms with Crippen molar-refractivity contribution in [3.8, 4) is 5.75 Å². The molecule has 0 saturated carbocycles. The number of hydrogen-bond donors (Lipinski definition) is 2. The van der Waals surface area contributed by atoms with Crippen molar-refractivity contribution >= 4 is 20.9 Å². The Morgan fingerprint density at radius 2 is 2.20 bits per heavy atom. The van der Waals surface area contributed by atoms with Crippen LogP contribution in [0.15, 0.2) is 29.2 Å². The summed E-state index contributed by atoms with van der Waals surface area (Å²) in [6, 6.07) is 5.27. The summed E-state index contributed by atoms with van der Waals surface area (Å²) < 4.78 is 29.6. The van der Waals surface area contributed by atoms with Crippen LogP contribution in [0.4, 0.5) is 0 Å². The number of H-pyrrole nitrogens is 1. The van der Waals surface area contributed by atoms with Gasteiger partial charge in [0.05, 0.1) is 18.4 Å². The summed E-state index contributed by atoms with van der Waals surface area (Å²) in [4.78, 5) is 17.4. The van der Waals surface area contributed by atoms with Crippen LogP contribution >= 0.6 is 0 Å². The van der Waals surface area contributed by atoms with Crippen LogP contribution in [0.2, 0.25) is 0 Å². The molecule has 0 radical (unpaired) electrons. The second-order valence-corrected chi connectivity index (χ2v) is 6.14. The summed E-state index contributed by atoms with van der Waals surface area (Å²) >= 11 is 0. The molecule has 0 saturated heterocycles. The predicted octanol–water partition coefficient (Wildman–Crippen LogP) is 0.241. The largest absolute Gasteiger partial charge is 0.493 e. The summed E-state index contributed by atoms with van der Waals surface area (Å²) in [7, 11) is -3.16. The maximum absolute atomic E-state index is 11.1. The molecule has 1 aromatic heterocycles. The average molecular weight is 297 g/mol. The van der Waals surface area contributed by atoms with Crippen molar-refractivity contribution in [3.63, 3.8) is 0 Å². The molecule has 2 N–H and O–H groups in total. The molecule has 0 spiro atoms. The first-order chi connectivity index (χ1) is 9.44. The zero-order chi connectivity index (χ0) is 14.6. The fraction of sp³-hybridized carbons (Fsp3) is 0.333. The van der Waals surface area contributed by atoms with Crippen LogP contribution in [0.5, 0.6) is 5.75 Å². The Morgan fingerprint density at radius 1 is 1.40 bits per heavy atom. The molecule has 1 aromatic carbocycles. The highest BCUT2D eigenvalue weighted by Crippen LogP contribution is 2.17. The van der Waals surface area contributed by atoms with Gasteiger partial charge in [0.15, 0.2) is 0 Å². The zero-order valence-corrected chi connectivity index (χ0v) is 11.7. The molecule has 0 unspecified atom stereocenters. The quantitative estimate of drug-likeness (QED) is 0.744. The lowest BCUT2D eigenvalue weighted by Crippen LogP contribution is -2.24. The van der Waals surface area contributed by atoms with Gasteiger partial charge in [-0.05, 0) is 18.6 Å². The highest BCUT2D eigenvalue weighted by atomic mass is 32.2. The summed E-state index contributed by atoms with van der Waals surface area (Å²) in [6.07, 6.45) is 3.16. The first-order valence-electron chi connectivity index (χ1n) is 6.00. The fourth-order valence-corrected chi connectivity index (χ4v) is 2.16. The number of nitrogens with zero attached hydrogens (tertiary/aromatic N) is 1. The Hall–Kier alpha value is -1.93. The summed E-state index contributed by atoms with van der Waals surface area (Å²) in [5, 5.41) is 0.815. The minimum absolute atomic E-state index is 0.327. The number of ether oxygens (including phenoxy) is 1. The predicted molar refractivity (Wildman–Crippen MR) is 75.3 cm³/mol. The second kappa shape index (κ2) is 6.02. The Kier molecular flexibility index (Phi) is 4.35. The van der Waals surface area contributed by atoms with Gasteiger partial charge in [-0.25, -0.2) is 22.9 Å². The molecular weight excluding hydrogens is 282 g/mol. The number of fused-ring (bicyclic) bond motifs is 1. The van der Waals surface area contributed by atoms with Crippen LogP contribution in [0.25, 0.3) is 10.9 Å². The Labute approximate surface area is 116 Å². The zero-order valence-electron chi connectivity index (χ0n) is 10.9. The molecule has 2 rings (SSSR count). The van der Waals surface area contributed by atoms with Crippen molar-refractivity contribution in [2.75, 3.05) is 19.4 Å². The lowest BCUT2D eigenvalue weighted by molar-refractivity contribution is 0.312. The number of hydrogen-bond acceptors (Lipinski definition) is 5. The molecule has 7 nitrogen and oxygen atoms in total. The molecule has 20 heavy (non-hydrogen) atoms. The molecule has 0 amide bonds. The van der Waals surface area contributed by atoms with E-state index in [4.69, 9.17) is 4.74 Å². The van der Waals surface area contributed by atoms with E-state index in [0.29, 0.717) is 30.8 Å². The first-order valence-corrected chi connectivity index (χ1v) is 7.90. The van der Waals surface area contributed by atoms with Gasteiger partial charge in [-0.15, -0.1) is 0 Å². The number of aromatic amines is 1. The van der Waals surface area contributed by atoms with Crippen LogP contribution in [-0.4, -0.2) is 37.8 Å². The summed E-state index contributed by atoms with van der Waals surface area (Å²) in [5.41, 5.74) is 0.240. The van der Waals surface area contributed by atoms with Gasteiger partial charge in [0.2, 0.25) is 10.0 Å². The molecule has 0 atom stereocenters. The molecule has 0 aliphatic heterocycles. The van der Waals surface area contributed by atoms with E-state index in [9.17, 15) is 13.2 Å². The third-order valence-electron chi connectivity index (χ3n) is 2.54. The van der Waals surface area contributed by atoms with Crippen molar-refractivity contribution in [1.29, 1.82) is 0 Å². The molecule has 8 heteroatoms. The fourth-order valence-electron chi connectivity index (χ4n) is 1.64. The monoisotopic (exact) mass is 297 g/mol. The first kappa shape index (κ1) is 14.5.